The van der Waals surface area contributed by atoms with Crippen LogP contribution in [0.4, 0.5) is 0 Å². The Hall–Kier alpha value is -0.0600. The first-order valence-electron chi connectivity index (χ1n) is 6.19. The van der Waals surface area contributed by atoms with Gasteiger partial charge in [-0.15, -0.1) is 0 Å². The summed E-state index contributed by atoms with van der Waals surface area (Å²) in [5, 5.41) is 0. The van der Waals surface area contributed by atoms with Crippen molar-refractivity contribution in [1.29, 1.82) is 0 Å². The van der Waals surface area contributed by atoms with Crippen LogP contribution in [0.1, 0.15) is 28.8 Å². The first-order valence-corrected chi connectivity index (χ1v) is 7.90. The Morgan fingerprint density at radius 1 is 1.44 bits per heavy atom. The van der Waals surface area contributed by atoms with Crippen LogP contribution in [0.25, 0.3) is 0 Å². The van der Waals surface area contributed by atoms with Gasteiger partial charge in [0.2, 0.25) is 0 Å². The van der Waals surface area contributed by atoms with Gasteiger partial charge in [-0.2, -0.15) is 0 Å². The summed E-state index contributed by atoms with van der Waals surface area (Å²) in [7, 11) is 1.73. The van der Waals surface area contributed by atoms with E-state index in [0.29, 0.717) is 5.92 Å². The van der Waals surface area contributed by atoms with Gasteiger partial charge in [-0.1, -0.05) is 31.9 Å². The second kappa shape index (κ2) is 6.40. The summed E-state index contributed by atoms with van der Waals surface area (Å²) in [4.78, 5) is 0.282. The Morgan fingerprint density at radius 2 is 2.22 bits per heavy atom. The first-order chi connectivity index (χ1) is 8.63. The minimum atomic E-state index is 0.282. The van der Waals surface area contributed by atoms with Gasteiger partial charge in [-0.05, 0) is 43.4 Å². The van der Waals surface area contributed by atoms with Crippen molar-refractivity contribution in [3.8, 4) is 5.75 Å². The number of hydrogen-bond acceptors (Lipinski definition) is 2. The molecule has 1 aliphatic heterocycles. The van der Waals surface area contributed by atoms with Crippen LogP contribution >= 0.6 is 31.9 Å². The SMILES string of the molecule is COc1cc(C)c(Br)cc1C(Br)C1CCCOC1. The van der Waals surface area contributed by atoms with Crippen molar-refractivity contribution >= 4 is 31.9 Å². The molecule has 0 radical (unpaired) electrons. The molecule has 0 saturated carbocycles. The molecule has 2 atom stereocenters. The Kier molecular flexibility index (Phi) is 5.10. The maximum atomic E-state index is 5.57. The van der Waals surface area contributed by atoms with Crippen molar-refractivity contribution in [1.82, 2.24) is 0 Å². The molecule has 0 spiro atoms. The quantitative estimate of drug-likeness (QED) is 0.715. The predicted molar refractivity (Wildman–Crippen MR) is 80.6 cm³/mol. The summed E-state index contributed by atoms with van der Waals surface area (Å²) in [6.07, 6.45) is 2.34. The molecule has 2 unspecified atom stereocenters. The second-order valence-corrected chi connectivity index (χ2v) is 6.56. The molecule has 18 heavy (non-hydrogen) atoms. The smallest absolute Gasteiger partial charge is 0.123 e. The third kappa shape index (κ3) is 3.09. The maximum Gasteiger partial charge on any atom is 0.123 e. The Bertz CT molecular complexity index is 415. The standard InChI is InChI=1S/C14H18Br2O2/c1-9-6-13(17-2)11(7-12(9)15)14(16)10-4-3-5-18-8-10/h6-7,10,14H,3-5,8H2,1-2H3. The third-order valence-electron chi connectivity index (χ3n) is 3.42. The van der Waals surface area contributed by atoms with Gasteiger partial charge in [0.15, 0.2) is 0 Å². The monoisotopic (exact) mass is 376 g/mol. The number of rotatable bonds is 3. The fourth-order valence-corrected chi connectivity index (χ4v) is 3.45. The number of alkyl halides is 1. The van der Waals surface area contributed by atoms with Gasteiger partial charge in [0.05, 0.1) is 13.7 Å². The average Bonchev–Trinajstić information content (AvgIpc) is 2.41. The zero-order valence-corrected chi connectivity index (χ0v) is 13.9. The fourth-order valence-electron chi connectivity index (χ4n) is 2.31. The van der Waals surface area contributed by atoms with Gasteiger partial charge in [0.25, 0.3) is 0 Å². The molecular formula is C14H18Br2O2. The zero-order chi connectivity index (χ0) is 13.1. The van der Waals surface area contributed by atoms with E-state index >= 15 is 0 Å². The molecule has 0 aliphatic carbocycles. The molecule has 1 fully saturated rings. The van der Waals surface area contributed by atoms with Gasteiger partial charge in [-0.25, -0.2) is 0 Å². The van der Waals surface area contributed by atoms with E-state index in [9.17, 15) is 0 Å². The van der Waals surface area contributed by atoms with Crippen LogP contribution in [-0.4, -0.2) is 20.3 Å². The van der Waals surface area contributed by atoms with Crippen LogP contribution in [0.3, 0.4) is 0 Å². The summed E-state index contributed by atoms with van der Waals surface area (Å²) in [6.45, 7) is 3.79. The van der Waals surface area contributed by atoms with Crippen molar-refractivity contribution in [3.05, 3.63) is 27.7 Å². The second-order valence-electron chi connectivity index (χ2n) is 4.72. The summed E-state index contributed by atoms with van der Waals surface area (Å²) in [5.74, 6) is 1.46. The lowest BCUT2D eigenvalue weighted by atomic mass is 9.93. The molecule has 0 aromatic heterocycles. The largest absolute Gasteiger partial charge is 0.496 e. The van der Waals surface area contributed by atoms with Crippen molar-refractivity contribution in [2.45, 2.75) is 24.6 Å². The van der Waals surface area contributed by atoms with E-state index in [-0.39, 0.29) is 4.83 Å². The minimum absolute atomic E-state index is 0.282. The summed E-state index contributed by atoms with van der Waals surface area (Å²) in [5.41, 5.74) is 2.39. The van der Waals surface area contributed by atoms with Crippen molar-refractivity contribution < 1.29 is 9.47 Å². The molecule has 1 aliphatic rings. The Labute approximate surface area is 125 Å². The fraction of sp³-hybridized carbons (Fsp3) is 0.571. The molecular weight excluding hydrogens is 360 g/mol. The van der Waals surface area contributed by atoms with Gasteiger partial charge in [-0.3, -0.25) is 0 Å². The third-order valence-corrected chi connectivity index (χ3v) is 5.51. The van der Waals surface area contributed by atoms with E-state index < -0.39 is 0 Å². The number of methoxy groups -OCH3 is 1. The van der Waals surface area contributed by atoms with Crippen molar-refractivity contribution in [2.75, 3.05) is 20.3 Å². The molecule has 2 rings (SSSR count). The molecule has 1 heterocycles. The van der Waals surface area contributed by atoms with E-state index in [4.69, 9.17) is 9.47 Å². The van der Waals surface area contributed by atoms with Crippen LogP contribution in [0, 0.1) is 12.8 Å². The number of benzene rings is 1. The van der Waals surface area contributed by atoms with E-state index in [0.717, 1.165) is 29.9 Å². The Morgan fingerprint density at radius 3 is 2.83 bits per heavy atom. The molecule has 1 aromatic rings. The number of hydrogen-bond donors (Lipinski definition) is 0. The molecule has 0 bridgehead atoms. The highest BCUT2D eigenvalue weighted by atomic mass is 79.9. The molecule has 2 nitrogen and oxygen atoms in total. The van der Waals surface area contributed by atoms with Crippen LogP contribution < -0.4 is 4.74 Å². The van der Waals surface area contributed by atoms with Crippen LogP contribution in [0.15, 0.2) is 16.6 Å². The summed E-state index contributed by atoms with van der Waals surface area (Å²) in [6, 6.07) is 4.24. The molecule has 4 heteroatoms. The van der Waals surface area contributed by atoms with Gasteiger partial charge >= 0.3 is 0 Å². The van der Waals surface area contributed by atoms with E-state index in [1.54, 1.807) is 7.11 Å². The Balaban J connectivity index is 2.27. The molecule has 0 N–H and O–H groups in total. The normalized spacial score (nSPS) is 21.7. The van der Waals surface area contributed by atoms with Crippen molar-refractivity contribution in [2.24, 2.45) is 5.92 Å². The zero-order valence-electron chi connectivity index (χ0n) is 10.7. The topological polar surface area (TPSA) is 18.5 Å². The van der Waals surface area contributed by atoms with Gasteiger partial charge in [0, 0.05) is 21.5 Å². The minimum Gasteiger partial charge on any atom is -0.496 e. The summed E-state index contributed by atoms with van der Waals surface area (Å²) < 4.78 is 12.2. The lowest BCUT2D eigenvalue weighted by Gasteiger charge is -2.28. The highest BCUT2D eigenvalue weighted by molar-refractivity contribution is 9.10. The first kappa shape index (κ1) is 14.4. The number of ether oxygens (including phenoxy) is 2. The summed E-state index contributed by atoms with van der Waals surface area (Å²) >= 11 is 7.41. The van der Waals surface area contributed by atoms with Crippen LogP contribution in [0.5, 0.6) is 5.75 Å². The predicted octanol–water partition coefficient (Wildman–Crippen LogP) is 4.63. The maximum absolute atomic E-state index is 5.57. The lowest BCUT2D eigenvalue weighted by Crippen LogP contribution is -2.21. The lowest BCUT2D eigenvalue weighted by molar-refractivity contribution is 0.0544. The molecule has 100 valence electrons. The highest BCUT2D eigenvalue weighted by Gasteiger charge is 2.26. The number of halogens is 2. The van der Waals surface area contributed by atoms with E-state index in [1.165, 1.54) is 17.5 Å². The van der Waals surface area contributed by atoms with E-state index in [1.807, 2.05) is 0 Å². The van der Waals surface area contributed by atoms with Crippen LogP contribution in [0.2, 0.25) is 0 Å². The average molecular weight is 378 g/mol. The van der Waals surface area contributed by atoms with Gasteiger partial charge < -0.3 is 9.47 Å². The highest BCUT2D eigenvalue weighted by Crippen LogP contribution is 2.42. The van der Waals surface area contributed by atoms with E-state index in [2.05, 4.69) is 50.9 Å². The van der Waals surface area contributed by atoms with Crippen molar-refractivity contribution in [3.63, 3.8) is 0 Å². The van der Waals surface area contributed by atoms with Gasteiger partial charge in [0.1, 0.15) is 5.75 Å². The molecule has 1 saturated heterocycles. The molecule has 0 amide bonds. The molecule has 1 aromatic carbocycles. The van der Waals surface area contributed by atoms with Crippen LogP contribution in [-0.2, 0) is 4.74 Å². The number of aryl methyl sites for hydroxylation is 1.